The maximum atomic E-state index is 12.7. The molecule has 0 bridgehead atoms. The quantitative estimate of drug-likeness (QED) is 0.680. The minimum Gasteiger partial charge on any atom is -0.292 e. The number of hydrogen-bond donors (Lipinski definition) is 0. The first-order valence-corrected chi connectivity index (χ1v) is 5.01. The summed E-state index contributed by atoms with van der Waals surface area (Å²) in [6.07, 6.45) is 6.13. The van der Waals surface area contributed by atoms with Gasteiger partial charge in [-0.3, -0.25) is 4.90 Å². The van der Waals surface area contributed by atoms with Crippen molar-refractivity contribution >= 4 is 0 Å². The molecule has 80 valence electrons. The lowest BCUT2D eigenvalue weighted by atomic mass is 10.0. The minimum absolute atomic E-state index is 0.191. The molecular weight excluding hydrogens is 188 g/mol. The Morgan fingerprint density at radius 2 is 2.00 bits per heavy atom. The summed E-state index contributed by atoms with van der Waals surface area (Å²) in [6, 6.07) is 6.98. The molecular formula is C13H16FN. The Balaban J connectivity index is 2.55. The molecule has 0 aromatic heterocycles. The van der Waals surface area contributed by atoms with Gasteiger partial charge in [0.1, 0.15) is 5.82 Å². The second-order valence-corrected chi connectivity index (χ2v) is 3.80. The largest absolute Gasteiger partial charge is 0.292 e. The number of likely N-dealkylation sites (N-methyl/N-ethyl adjacent to an activating group) is 1. The van der Waals surface area contributed by atoms with E-state index in [1.807, 2.05) is 19.2 Å². The molecule has 1 unspecified atom stereocenters. The summed E-state index contributed by atoms with van der Waals surface area (Å²) < 4.78 is 12.7. The molecule has 1 nitrogen and oxygen atoms in total. The van der Waals surface area contributed by atoms with E-state index in [2.05, 4.69) is 17.7 Å². The molecule has 1 aromatic carbocycles. The zero-order valence-electron chi connectivity index (χ0n) is 9.20. The Hall–Kier alpha value is -1.33. The summed E-state index contributed by atoms with van der Waals surface area (Å²) in [4.78, 5) is 2.10. The summed E-state index contributed by atoms with van der Waals surface area (Å²) in [5.41, 5.74) is 1.13. The molecule has 0 spiro atoms. The molecule has 15 heavy (non-hydrogen) atoms. The zero-order chi connectivity index (χ0) is 11.3. The molecule has 0 amide bonds. The standard InChI is InChI=1S/C13H16FN/c1-4-9-15(3)11(2)10-12-5-7-13(14)8-6-12/h1,5-8,11H,9-10H2,2-3H3/i3-1. The van der Waals surface area contributed by atoms with Crippen molar-refractivity contribution in [2.24, 2.45) is 0 Å². The Bertz CT molecular complexity index is 337. The molecule has 0 aliphatic heterocycles. The summed E-state index contributed by atoms with van der Waals surface area (Å²) in [5, 5.41) is 0. The fourth-order valence-corrected chi connectivity index (χ4v) is 1.42. The Labute approximate surface area is 90.9 Å². The van der Waals surface area contributed by atoms with E-state index in [1.165, 1.54) is 12.1 Å². The third-order valence-electron chi connectivity index (χ3n) is 2.54. The lowest BCUT2D eigenvalue weighted by Crippen LogP contribution is -2.31. The molecule has 1 aromatic rings. The van der Waals surface area contributed by atoms with Gasteiger partial charge in [-0.05, 0) is 38.1 Å². The first-order chi connectivity index (χ1) is 7.13. The van der Waals surface area contributed by atoms with Crippen molar-refractivity contribution in [2.75, 3.05) is 13.6 Å². The molecule has 0 radical (unpaired) electrons. The van der Waals surface area contributed by atoms with Crippen molar-refractivity contribution in [3.05, 3.63) is 35.6 Å². The number of terminal acetylenes is 1. The molecule has 0 saturated heterocycles. The molecule has 1 rings (SSSR count). The molecule has 0 aliphatic rings. The van der Waals surface area contributed by atoms with Crippen LogP contribution < -0.4 is 0 Å². The van der Waals surface area contributed by atoms with Gasteiger partial charge in [-0.15, -0.1) is 6.42 Å². The number of nitrogens with zero attached hydrogens (tertiary/aromatic N) is 1. The van der Waals surface area contributed by atoms with Crippen molar-refractivity contribution in [3.63, 3.8) is 0 Å². The van der Waals surface area contributed by atoms with Gasteiger partial charge in [0.2, 0.25) is 0 Å². The molecule has 2 heteroatoms. The Morgan fingerprint density at radius 1 is 1.40 bits per heavy atom. The summed E-state index contributed by atoms with van der Waals surface area (Å²) in [5.74, 6) is 2.42. The Morgan fingerprint density at radius 3 is 2.53 bits per heavy atom. The zero-order valence-corrected chi connectivity index (χ0v) is 9.20. The van der Waals surface area contributed by atoms with E-state index in [-0.39, 0.29) is 5.82 Å². The van der Waals surface area contributed by atoms with E-state index in [0.717, 1.165) is 12.0 Å². The van der Waals surface area contributed by atoms with Crippen molar-refractivity contribution in [1.82, 2.24) is 4.90 Å². The van der Waals surface area contributed by atoms with Crippen molar-refractivity contribution in [1.29, 1.82) is 0 Å². The Kier molecular flexibility index (Phi) is 4.33. The van der Waals surface area contributed by atoms with Crippen LogP contribution in [0.4, 0.5) is 4.39 Å². The van der Waals surface area contributed by atoms with Crippen LogP contribution >= 0.6 is 0 Å². The first kappa shape index (κ1) is 11.7. The predicted molar refractivity (Wildman–Crippen MR) is 61.0 cm³/mol. The van der Waals surface area contributed by atoms with Gasteiger partial charge in [-0.25, -0.2) is 4.39 Å². The van der Waals surface area contributed by atoms with E-state index < -0.39 is 0 Å². The fraction of sp³-hybridized carbons (Fsp3) is 0.385. The maximum Gasteiger partial charge on any atom is 0.123 e. The van der Waals surface area contributed by atoms with Gasteiger partial charge in [-0.2, -0.15) is 0 Å². The van der Waals surface area contributed by atoms with Crippen LogP contribution in [0.15, 0.2) is 24.3 Å². The van der Waals surface area contributed by atoms with Gasteiger partial charge < -0.3 is 0 Å². The highest BCUT2D eigenvalue weighted by atomic mass is 19.1. The molecule has 0 heterocycles. The van der Waals surface area contributed by atoms with E-state index in [1.54, 1.807) is 0 Å². The van der Waals surface area contributed by atoms with Gasteiger partial charge in [0.25, 0.3) is 0 Å². The molecule has 0 aliphatic carbocycles. The van der Waals surface area contributed by atoms with E-state index >= 15 is 0 Å². The smallest absolute Gasteiger partial charge is 0.123 e. The van der Waals surface area contributed by atoms with Gasteiger partial charge in [0.05, 0.1) is 6.54 Å². The van der Waals surface area contributed by atoms with Crippen molar-refractivity contribution in [2.45, 2.75) is 19.4 Å². The molecule has 0 saturated carbocycles. The highest BCUT2D eigenvalue weighted by molar-refractivity contribution is 5.17. The highest BCUT2D eigenvalue weighted by Crippen LogP contribution is 2.08. The van der Waals surface area contributed by atoms with Gasteiger partial charge in [0, 0.05) is 6.04 Å². The fourth-order valence-electron chi connectivity index (χ4n) is 1.42. The van der Waals surface area contributed by atoms with Crippen LogP contribution in [-0.2, 0) is 6.42 Å². The minimum atomic E-state index is -0.191. The number of hydrogen-bond acceptors (Lipinski definition) is 1. The summed E-state index contributed by atoms with van der Waals surface area (Å²) in [7, 11) is 1.99. The topological polar surface area (TPSA) is 3.24 Å². The highest BCUT2D eigenvalue weighted by Gasteiger charge is 2.08. The normalized spacial score (nSPS) is 12.5. The van der Waals surface area contributed by atoms with Crippen LogP contribution in [0, 0.1) is 18.2 Å². The second-order valence-electron chi connectivity index (χ2n) is 3.80. The third-order valence-corrected chi connectivity index (χ3v) is 2.54. The predicted octanol–water partition coefficient (Wildman–Crippen LogP) is 2.32. The van der Waals surface area contributed by atoms with Crippen molar-refractivity contribution < 1.29 is 4.39 Å². The SMILES string of the molecule is C#CCN([11CH3])C(C)Cc1ccc(F)cc1. The van der Waals surface area contributed by atoms with E-state index in [4.69, 9.17) is 6.42 Å². The third kappa shape index (κ3) is 3.73. The van der Waals surface area contributed by atoms with Crippen LogP contribution in [0.3, 0.4) is 0 Å². The van der Waals surface area contributed by atoms with Gasteiger partial charge >= 0.3 is 0 Å². The number of benzene rings is 1. The van der Waals surface area contributed by atoms with Crippen LogP contribution in [0.25, 0.3) is 0 Å². The lowest BCUT2D eigenvalue weighted by molar-refractivity contribution is 0.287. The first-order valence-electron chi connectivity index (χ1n) is 5.01. The number of rotatable bonds is 4. The lowest BCUT2D eigenvalue weighted by Gasteiger charge is -2.22. The van der Waals surface area contributed by atoms with E-state index in [0.29, 0.717) is 12.6 Å². The van der Waals surface area contributed by atoms with Crippen molar-refractivity contribution in [3.8, 4) is 12.3 Å². The van der Waals surface area contributed by atoms with E-state index in [9.17, 15) is 4.39 Å². The second kappa shape index (κ2) is 5.53. The summed E-state index contributed by atoms with van der Waals surface area (Å²) in [6.45, 7) is 2.75. The maximum absolute atomic E-state index is 12.7. The molecule has 0 fully saturated rings. The monoisotopic (exact) mass is 204 g/mol. The summed E-state index contributed by atoms with van der Waals surface area (Å²) >= 11 is 0. The van der Waals surface area contributed by atoms with Crippen LogP contribution in [0.2, 0.25) is 0 Å². The van der Waals surface area contributed by atoms with Gasteiger partial charge in [0.15, 0.2) is 0 Å². The van der Waals surface area contributed by atoms with Crippen LogP contribution in [0.5, 0.6) is 0 Å². The molecule has 0 N–H and O–H groups in total. The molecule has 1 atom stereocenters. The number of halogens is 1. The average molecular weight is 204 g/mol. The average Bonchev–Trinajstić information content (AvgIpc) is 2.22. The van der Waals surface area contributed by atoms with Crippen LogP contribution in [0.1, 0.15) is 12.5 Å². The van der Waals surface area contributed by atoms with Crippen LogP contribution in [-0.4, -0.2) is 24.5 Å². The van der Waals surface area contributed by atoms with Gasteiger partial charge in [-0.1, -0.05) is 18.1 Å².